The van der Waals surface area contributed by atoms with Crippen molar-refractivity contribution >= 4 is 5.69 Å². The highest BCUT2D eigenvalue weighted by molar-refractivity contribution is 5.54. The number of nitro groups is 1. The molecule has 8 nitrogen and oxygen atoms in total. The molecule has 2 aromatic carbocycles. The van der Waals surface area contributed by atoms with Crippen molar-refractivity contribution in [1.82, 2.24) is 10.2 Å². The Bertz CT molecular complexity index is 895. The van der Waals surface area contributed by atoms with Crippen LogP contribution < -0.4 is 9.47 Å². The maximum atomic E-state index is 13.3. The van der Waals surface area contributed by atoms with Gasteiger partial charge in [-0.05, 0) is 30.3 Å². The molecule has 0 amide bonds. The minimum Gasteiger partial charge on any atom is -0.497 e. The van der Waals surface area contributed by atoms with E-state index in [1.54, 1.807) is 31.4 Å². The number of methoxy groups -OCH3 is 1. The van der Waals surface area contributed by atoms with Gasteiger partial charge in [0.25, 0.3) is 5.89 Å². The third kappa shape index (κ3) is 3.71. The van der Waals surface area contributed by atoms with Crippen molar-refractivity contribution < 1.29 is 23.2 Å². The fourth-order valence-electron chi connectivity index (χ4n) is 2.06. The van der Waals surface area contributed by atoms with Crippen molar-refractivity contribution in [2.24, 2.45) is 0 Å². The Labute approximate surface area is 141 Å². The number of nitro benzene ring substituents is 1. The first-order valence-electron chi connectivity index (χ1n) is 7.10. The molecular formula is C16H12FN3O5. The lowest BCUT2D eigenvalue weighted by Crippen LogP contribution is -2.00. The van der Waals surface area contributed by atoms with Gasteiger partial charge in [-0.25, -0.2) is 4.39 Å². The van der Waals surface area contributed by atoms with Crippen LogP contribution in [0.25, 0.3) is 11.5 Å². The molecule has 25 heavy (non-hydrogen) atoms. The summed E-state index contributed by atoms with van der Waals surface area (Å²) < 4.78 is 29.0. The first kappa shape index (κ1) is 16.4. The van der Waals surface area contributed by atoms with Crippen molar-refractivity contribution in [1.29, 1.82) is 0 Å². The summed E-state index contributed by atoms with van der Waals surface area (Å²) in [6.07, 6.45) is 0. The van der Waals surface area contributed by atoms with Crippen molar-refractivity contribution in [3.05, 3.63) is 64.3 Å². The molecule has 0 spiro atoms. The fraction of sp³-hybridized carbons (Fsp3) is 0.125. The van der Waals surface area contributed by atoms with Gasteiger partial charge in [0.05, 0.1) is 12.0 Å². The quantitative estimate of drug-likeness (QED) is 0.498. The molecule has 0 fully saturated rings. The smallest absolute Gasteiger partial charge is 0.311 e. The van der Waals surface area contributed by atoms with Crippen molar-refractivity contribution in [3.63, 3.8) is 0 Å². The lowest BCUT2D eigenvalue weighted by molar-refractivity contribution is -0.386. The third-order valence-corrected chi connectivity index (χ3v) is 3.27. The molecular weight excluding hydrogens is 333 g/mol. The standard InChI is InChI=1S/C16H12FN3O5/c1-23-12-5-2-10(3-6-12)16-19-18-15(25-16)9-24-14-8-11(17)4-7-13(14)20(21)22/h2-8H,9H2,1H3. The summed E-state index contributed by atoms with van der Waals surface area (Å²) in [6.45, 7) is -0.229. The lowest BCUT2D eigenvalue weighted by Gasteiger charge is -2.04. The van der Waals surface area contributed by atoms with Crippen LogP contribution in [-0.4, -0.2) is 22.2 Å². The van der Waals surface area contributed by atoms with Gasteiger partial charge in [-0.3, -0.25) is 10.1 Å². The summed E-state index contributed by atoms with van der Waals surface area (Å²) in [7, 11) is 1.56. The van der Waals surface area contributed by atoms with E-state index >= 15 is 0 Å². The van der Waals surface area contributed by atoms with Crippen LogP contribution in [0.2, 0.25) is 0 Å². The van der Waals surface area contributed by atoms with E-state index in [-0.39, 0.29) is 29.8 Å². The van der Waals surface area contributed by atoms with Crippen molar-refractivity contribution in [2.75, 3.05) is 7.11 Å². The number of aromatic nitrogens is 2. The summed E-state index contributed by atoms with van der Waals surface area (Å²) in [4.78, 5) is 10.3. The zero-order valence-corrected chi connectivity index (χ0v) is 13.0. The molecule has 0 saturated heterocycles. The molecule has 0 radical (unpaired) electrons. The van der Waals surface area contributed by atoms with E-state index in [0.29, 0.717) is 11.3 Å². The Morgan fingerprint density at radius 3 is 2.64 bits per heavy atom. The molecule has 0 N–H and O–H groups in total. The second kappa shape index (κ2) is 6.95. The number of nitrogens with zero attached hydrogens (tertiary/aromatic N) is 3. The molecule has 0 saturated carbocycles. The maximum Gasteiger partial charge on any atom is 0.311 e. The van der Waals surface area contributed by atoms with Crippen molar-refractivity contribution in [2.45, 2.75) is 6.61 Å². The Kier molecular flexibility index (Phi) is 4.55. The van der Waals surface area contributed by atoms with Crippen LogP contribution >= 0.6 is 0 Å². The molecule has 9 heteroatoms. The van der Waals surface area contributed by atoms with E-state index in [9.17, 15) is 14.5 Å². The Balaban J connectivity index is 1.74. The average molecular weight is 345 g/mol. The topological polar surface area (TPSA) is 101 Å². The zero-order valence-electron chi connectivity index (χ0n) is 13.0. The van der Waals surface area contributed by atoms with Crippen LogP contribution in [0.5, 0.6) is 11.5 Å². The van der Waals surface area contributed by atoms with Crippen LogP contribution in [0.4, 0.5) is 10.1 Å². The van der Waals surface area contributed by atoms with Gasteiger partial charge in [0.1, 0.15) is 11.6 Å². The van der Waals surface area contributed by atoms with Crippen LogP contribution in [0, 0.1) is 15.9 Å². The molecule has 0 bridgehead atoms. The van der Waals surface area contributed by atoms with Crippen molar-refractivity contribution in [3.8, 4) is 23.0 Å². The highest BCUT2D eigenvalue weighted by atomic mass is 19.1. The predicted molar refractivity (Wildman–Crippen MR) is 83.7 cm³/mol. The number of ether oxygens (including phenoxy) is 2. The van der Waals surface area contributed by atoms with E-state index in [0.717, 1.165) is 18.2 Å². The molecule has 0 atom stereocenters. The maximum absolute atomic E-state index is 13.3. The summed E-state index contributed by atoms with van der Waals surface area (Å²) in [5, 5.41) is 18.6. The highest BCUT2D eigenvalue weighted by Gasteiger charge is 2.17. The number of halogens is 1. The van der Waals surface area contributed by atoms with E-state index in [1.165, 1.54) is 0 Å². The Morgan fingerprint density at radius 2 is 1.96 bits per heavy atom. The average Bonchev–Trinajstić information content (AvgIpc) is 3.09. The first-order chi connectivity index (χ1) is 12.1. The normalized spacial score (nSPS) is 10.5. The molecule has 128 valence electrons. The van der Waals surface area contributed by atoms with Gasteiger partial charge in [0.2, 0.25) is 11.6 Å². The first-order valence-corrected chi connectivity index (χ1v) is 7.10. The van der Waals surface area contributed by atoms with Gasteiger partial charge >= 0.3 is 5.69 Å². The van der Waals surface area contributed by atoms with E-state index in [4.69, 9.17) is 13.9 Å². The summed E-state index contributed by atoms with van der Waals surface area (Å²) in [6, 6.07) is 9.92. The largest absolute Gasteiger partial charge is 0.497 e. The minimum absolute atomic E-state index is 0.101. The lowest BCUT2D eigenvalue weighted by atomic mass is 10.2. The van der Waals surface area contributed by atoms with Gasteiger partial charge < -0.3 is 13.9 Å². The number of rotatable bonds is 6. The van der Waals surface area contributed by atoms with Gasteiger partial charge in [-0.15, -0.1) is 10.2 Å². The van der Waals surface area contributed by atoms with Gasteiger partial charge in [-0.1, -0.05) is 0 Å². The molecule has 0 aliphatic heterocycles. The molecule has 1 aromatic heterocycles. The van der Waals surface area contributed by atoms with E-state index in [2.05, 4.69) is 10.2 Å². The van der Waals surface area contributed by atoms with Gasteiger partial charge in [0, 0.05) is 17.7 Å². The van der Waals surface area contributed by atoms with Crippen LogP contribution in [0.3, 0.4) is 0 Å². The van der Waals surface area contributed by atoms with E-state index in [1.807, 2.05) is 0 Å². The molecule has 0 unspecified atom stereocenters. The Hall–Kier alpha value is -3.49. The second-order valence-corrected chi connectivity index (χ2v) is 4.89. The van der Waals surface area contributed by atoms with Crippen LogP contribution in [-0.2, 0) is 6.61 Å². The number of hydrogen-bond donors (Lipinski definition) is 0. The van der Waals surface area contributed by atoms with Gasteiger partial charge in [-0.2, -0.15) is 0 Å². The summed E-state index contributed by atoms with van der Waals surface area (Å²) >= 11 is 0. The minimum atomic E-state index is -0.661. The van der Waals surface area contributed by atoms with Gasteiger partial charge in [0.15, 0.2) is 6.61 Å². The molecule has 3 aromatic rings. The molecule has 3 rings (SSSR count). The third-order valence-electron chi connectivity index (χ3n) is 3.27. The fourth-order valence-corrected chi connectivity index (χ4v) is 2.06. The summed E-state index contributed by atoms with van der Waals surface area (Å²) in [5.74, 6) is 0.184. The predicted octanol–water partition coefficient (Wildman–Crippen LogP) is 3.37. The second-order valence-electron chi connectivity index (χ2n) is 4.89. The highest BCUT2D eigenvalue weighted by Crippen LogP contribution is 2.28. The molecule has 1 heterocycles. The molecule has 0 aliphatic carbocycles. The Morgan fingerprint density at radius 1 is 1.20 bits per heavy atom. The SMILES string of the molecule is COc1ccc(-c2nnc(COc3cc(F)ccc3[N+](=O)[O-])o2)cc1. The zero-order chi connectivity index (χ0) is 17.8. The monoisotopic (exact) mass is 345 g/mol. The van der Waals surface area contributed by atoms with Crippen LogP contribution in [0.15, 0.2) is 46.9 Å². The summed E-state index contributed by atoms with van der Waals surface area (Å²) in [5.41, 5.74) is 0.326. The number of hydrogen-bond acceptors (Lipinski definition) is 7. The van der Waals surface area contributed by atoms with Crippen LogP contribution in [0.1, 0.15) is 5.89 Å². The molecule has 0 aliphatic rings. The van der Waals surface area contributed by atoms with E-state index < -0.39 is 10.7 Å². The number of benzene rings is 2.